The summed E-state index contributed by atoms with van der Waals surface area (Å²) in [7, 11) is 2.85. The number of ether oxygens (including phenoxy) is 2. The van der Waals surface area contributed by atoms with E-state index in [1.165, 1.54) is 52.0 Å². The molecule has 0 aliphatic rings. The molecule has 0 aromatic heterocycles. The number of benzene rings is 1. The Morgan fingerprint density at radius 2 is 1.39 bits per heavy atom. The first kappa shape index (κ1) is 24.9. The molecular weight excluding hydrogens is 369 g/mol. The average molecular weight is 405 g/mol. The first-order chi connectivity index (χ1) is 13.3. The largest absolute Gasteiger partial charge is 0.416 e. The van der Waals surface area contributed by atoms with Gasteiger partial charge in [-0.3, -0.25) is 0 Å². The maximum atomic E-state index is 12.6. The van der Waals surface area contributed by atoms with E-state index >= 15 is 0 Å². The number of methoxy groups -OCH3 is 2. The van der Waals surface area contributed by atoms with E-state index in [1.54, 1.807) is 0 Å². The fourth-order valence-electron chi connectivity index (χ4n) is 3.51. The van der Waals surface area contributed by atoms with Crippen LogP contribution in [0, 0.1) is 5.92 Å². The maximum Gasteiger partial charge on any atom is 0.416 e. The van der Waals surface area contributed by atoms with Gasteiger partial charge in [-0.15, -0.1) is 0 Å². The summed E-state index contributed by atoms with van der Waals surface area (Å²) < 4.78 is 48.4. The number of rotatable bonds is 14. The number of aryl methyl sites for hydroxylation is 1. The molecule has 162 valence electrons. The van der Waals surface area contributed by atoms with Crippen LogP contribution in [0.25, 0.3) is 0 Å². The molecule has 0 fully saturated rings. The zero-order valence-electron chi connectivity index (χ0n) is 17.4. The Morgan fingerprint density at radius 3 is 1.93 bits per heavy atom. The van der Waals surface area contributed by atoms with Crippen LogP contribution in [0.4, 0.5) is 13.2 Å². The average Bonchev–Trinajstić information content (AvgIpc) is 2.68. The molecule has 1 aromatic carbocycles. The highest BCUT2D eigenvalue weighted by Crippen LogP contribution is 2.31. The third kappa shape index (κ3) is 8.50. The van der Waals surface area contributed by atoms with Gasteiger partial charge in [0.25, 0.3) is 5.97 Å². The first-order valence-electron chi connectivity index (χ1n) is 10.3. The van der Waals surface area contributed by atoms with Gasteiger partial charge < -0.3 is 14.6 Å². The highest BCUT2D eigenvalue weighted by atomic mass is 19.4. The number of hydrogen-bond acceptors (Lipinski definition) is 3. The molecule has 3 nitrogen and oxygen atoms in total. The third-order valence-corrected chi connectivity index (χ3v) is 5.31. The van der Waals surface area contributed by atoms with Crippen molar-refractivity contribution in [1.82, 2.24) is 0 Å². The van der Waals surface area contributed by atoms with Gasteiger partial charge in [0.05, 0.1) is 5.56 Å². The first-order valence-corrected chi connectivity index (χ1v) is 10.3. The summed E-state index contributed by atoms with van der Waals surface area (Å²) in [5.41, 5.74) is 0.218. The number of hydrogen-bond donors (Lipinski definition) is 1. The third-order valence-electron chi connectivity index (χ3n) is 5.31. The van der Waals surface area contributed by atoms with E-state index in [2.05, 4.69) is 6.92 Å². The van der Waals surface area contributed by atoms with Crippen molar-refractivity contribution in [2.75, 3.05) is 14.2 Å². The molecule has 6 heteroatoms. The lowest BCUT2D eigenvalue weighted by Crippen LogP contribution is -2.42. The zero-order valence-corrected chi connectivity index (χ0v) is 17.4. The van der Waals surface area contributed by atoms with Crippen molar-refractivity contribution in [2.45, 2.75) is 83.3 Å². The molecule has 0 aliphatic carbocycles. The van der Waals surface area contributed by atoms with Crippen molar-refractivity contribution < 1.29 is 27.8 Å². The van der Waals surface area contributed by atoms with Crippen LogP contribution in [0.2, 0.25) is 0 Å². The van der Waals surface area contributed by atoms with Crippen molar-refractivity contribution in [3.05, 3.63) is 35.4 Å². The van der Waals surface area contributed by atoms with Gasteiger partial charge in [0.1, 0.15) is 0 Å². The van der Waals surface area contributed by atoms with Gasteiger partial charge in [0.2, 0.25) is 0 Å². The van der Waals surface area contributed by atoms with Gasteiger partial charge in [0.15, 0.2) is 0 Å². The minimum atomic E-state index is -4.31. The SMILES string of the molecule is CCCCCCCCC(CCCc1ccc(C(F)(F)F)cc1)C(O)(OC)OC. The Kier molecular flexibility index (Phi) is 11.1. The minimum absolute atomic E-state index is 0.178. The lowest BCUT2D eigenvalue weighted by molar-refractivity contribution is -0.369. The van der Waals surface area contributed by atoms with Crippen molar-refractivity contribution in [3.8, 4) is 0 Å². The van der Waals surface area contributed by atoms with E-state index < -0.39 is 17.7 Å². The topological polar surface area (TPSA) is 38.7 Å². The van der Waals surface area contributed by atoms with Crippen molar-refractivity contribution >= 4 is 0 Å². The molecular formula is C22H35F3O3. The molecule has 0 saturated carbocycles. The Labute approximate surface area is 167 Å². The van der Waals surface area contributed by atoms with Crippen LogP contribution in [0.3, 0.4) is 0 Å². The van der Waals surface area contributed by atoms with Gasteiger partial charge >= 0.3 is 6.18 Å². The van der Waals surface area contributed by atoms with Gasteiger partial charge in [0, 0.05) is 20.1 Å². The summed E-state index contributed by atoms with van der Waals surface area (Å²) in [5.74, 6) is -1.80. The molecule has 28 heavy (non-hydrogen) atoms. The number of aliphatic hydroxyl groups is 1. The van der Waals surface area contributed by atoms with Crippen LogP contribution in [0.1, 0.15) is 75.8 Å². The van der Waals surface area contributed by atoms with Crippen LogP contribution in [0.15, 0.2) is 24.3 Å². The molecule has 0 spiro atoms. The highest BCUT2D eigenvalue weighted by molar-refractivity contribution is 5.24. The molecule has 0 saturated heterocycles. The Balaban J connectivity index is 2.54. The van der Waals surface area contributed by atoms with Crippen LogP contribution >= 0.6 is 0 Å². The fraction of sp³-hybridized carbons (Fsp3) is 0.727. The van der Waals surface area contributed by atoms with Crippen LogP contribution in [0.5, 0.6) is 0 Å². The van der Waals surface area contributed by atoms with Gasteiger partial charge in [-0.1, -0.05) is 57.6 Å². The van der Waals surface area contributed by atoms with E-state index in [0.717, 1.165) is 43.4 Å². The standard InChI is InChI=1S/C22H35F3O3/c1-4-5-6-7-8-9-12-20(22(26,27-2)28-3)13-10-11-18-14-16-19(17-15-18)21(23,24)25/h14-17,20,26H,4-13H2,1-3H3. The molecule has 0 aliphatic heterocycles. The predicted molar refractivity (Wildman–Crippen MR) is 105 cm³/mol. The number of unbranched alkanes of at least 4 members (excludes halogenated alkanes) is 5. The second-order valence-corrected chi connectivity index (χ2v) is 7.38. The Morgan fingerprint density at radius 1 is 0.857 bits per heavy atom. The van der Waals surface area contributed by atoms with E-state index in [1.807, 2.05) is 0 Å². The molecule has 0 amide bonds. The van der Waals surface area contributed by atoms with E-state index in [4.69, 9.17) is 9.47 Å². The summed E-state index contributed by atoms with van der Waals surface area (Å²) in [6, 6.07) is 5.27. The fourth-order valence-corrected chi connectivity index (χ4v) is 3.51. The lowest BCUT2D eigenvalue weighted by Gasteiger charge is -2.33. The van der Waals surface area contributed by atoms with Gasteiger partial charge in [-0.2, -0.15) is 13.2 Å². The maximum absolute atomic E-state index is 12.6. The second kappa shape index (κ2) is 12.5. The Hall–Kier alpha value is -1.11. The van der Waals surface area contributed by atoms with Crippen molar-refractivity contribution in [1.29, 1.82) is 0 Å². The van der Waals surface area contributed by atoms with Crippen molar-refractivity contribution in [2.24, 2.45) is 5.92 Å². The normalized spacial score (nSPS) is 13.7. The molecule has 1 rings (SSSR count). The van der Waals surface area contributed by atoms with E-state index in [9.17, 15) is 18.3 Å². The molecule has 0 bridgehead atoms. The Bertz CT molecular complexity index is 525. The summed E-state index contributed by atoms with van der Waals surface area (Å²) in [4.78, 5) is 0. The molecule has 1 aromatic rings. The summed E-state index contributed by atoms with van der Waals surface area (Å²) >= 11 is 0. The quantitative estimate of drug-likeness (QED) is 0.291. The molecule has 1 atom stereocenters. The van der Waals surface area contributed by atoms with Gasteiger partial charge in [-0.05, 0) is 43.4 Å². The zero-order chi connectivity index (χ0) is 21.0. The summed E-state index contributed by atoms with van der Waals surface area (Å²) in [6.07, 6.45) is 5.51. The van der Waals surface area contributed by atoms with Crippen molar-refractivity contribution in [3.63, 3.8) is 0 Å². The monoisotopic (exact) mass is 404 g/mol. The van der Waals surface area contributed by atoms with E-state index in [-0.39, 0.29) is 5.92 Å². The second-order valence-electron chi connectivity index (χ2n) is 7.38. The van der Waals surface area contributed by atoms with E-state index in [0.29, 0.717) is 12.8 Å². The molecule has 0 heterocycles. The van der Waals surface area contributed by atoms with Crippen LogP contribution in [-0.4, -0.2) is 25.3 Å². The number of halogens is 3. The summed E-state index contributed by atoms with van der Waals surface area (Å²) in [6.45, 7) is 2.18. The number of alkyl halides is 3. The van der Waals surface area contributed by atoms with Crippen LogP contribution in [-0.2, 0) is 22.1 Å². The lowest BCUT2D eigenvalue weighted by atomic mass is 9.91. The summed E-state index contributed by atoms with van der Waals surface area (Å²) in [5, 5.41) is 10.6. The molecule has 0 radical (unpaired) electrons. The minimum Gasteiger partial charge on any atom is -0.343 e. The van der Waals surface area contributed by atoms with Gasteiger partial charge in [-0.25, -0.2) is 0 Å². The molecule has 1 unspecified atom stereocenters. The predicted octanol–water partition coefficient (Wildman–Crippen LogP) is 6.33. The van der Waals surface area contributed by atoms with Crippen LogP contribution < -0.4 is 0 Å². The smallest absolute Gasteiger partial charge is 0.343 e. The highest BCUT2D eigenvalue weighted by Gasteiger charge is 2.36. The molecule has 1 N–H and O–H groups in total.